The molecule has 0 radical (unpaired) electrons. The molecule has 0 spiro atoms. The average Bonchev–Trinajstić information content (AvgIpc) is 2.36. The van der Waals surface area contributed by atoms with Crippen LogP contribution < -0.4 is 5.32 Å². The molecule has 0 aliphatic heterocycles. The minimum absolute atomic E-state index is 0.0739. The maximum atomic E-state index is 6.23. The van der Waals surface area contributed by atoms with Crippen molar-refractivity contribution in [3.8, 4) is 0 Å². The van der Waals surface area contributed by atoms with Gasteiger partial charge in [0.1, 0.15) is 0 Å². The third-order valence-electron chi connectivity index (χ3n) is 3.92. The summed E-state index contributed by atoms with van der Waals surface area (Å²) in [7, 11) is 1.75. The summed E-state index contributed by atoms with van der Waals surface area (Å²) >= 11 is 0. The second-order valence-corrected chi connectivity index (χ2v) is 6.10. The lowest BCUT2D eigenvalue weighted by Gasteiger charge is -2.40. The van der Waals surface area contributed by atoms with Gasteiger partial charge in [0.05, 0.1) is 5.60 Å². The quantitative estimate of drug-likeness (QED) is 0.678. The van der Waals surface area contributed by atoms with Crippen LogP contribution in [0, 0.1) is 5.92 Å². The van der Waals surface area contributed by atoms with Crippen molar-refractivity contribution in [2.75, 3.05) is 26.9 Å². The van der Waals surface area contributed by atoms with E-state index in [1.165, 1.54) is 25.7 Å². The first-order valence-electron chi connectivity index (χ1n) is 7.44. The highest BCUT2D eigenvalue weighted by atomic mass is 16.5. The zero-order valence-electron chi connectivity index (χ0n) is 12.6. The lowest BCUT2D eigenvalue weighted by Crippen LogP contribution is -2.47. The maximum absolute atomic E-state index is 6.23. The highest BCUT2D eigenvalue weighted by Gasteiger charge is 2.34. The van der Waals surface area contributed by atoms with Gasteiger partial charge in [0, 0.05) is 32.9 Å². The van der Waals surface area contributed by atoms with Gasteiger partial charge in [-0.15, -0.1) is 0 Å². The minimum Gasteiger partial charge on any atom is -0.385 e. The van der Waals surface area contributed by atoms with Crippen LogP contribution in [0.1, 0.15) is 52.9 Å². The highest BCUT2D eigenvalue weighted by molar-refractivity contribution is 4.89. The molecule has 3 heteroatoms. The van der Waals surface area contributed by atoms with E-state index in [9.17, 15) is 0 Å². The van der Waals surface area contributed by atoms with Crippen molar-refractivity contribution in [3.05, 3.63) is 0 Å². The van der Waals surface area contributed by atoms with Crippen LogP contribution in [0.3, 0.4) is 0 Å². The second kappa shape index (κ2) is 8.13. The van der Waals surface area contributed by atoms with Crippen molar-refractivity contribution in [1.82, 2.24) is 5.32 Å². The Labute approximate surface area is 113 Å². The average molecular weight is 257 g/mol. The Morgan fingerprint density at radius 1 is 1.22 bits per heavy atom. The fourth-order valence-electron chi connectivity index (χ4n) is 2.54. The zero-order chi connectivity index (χ0) is 13.4. The third kappa shape index (κ3) is 5.68. The molecule has 1 aliphatic carbocycles. The summed E-state index contributed by atoms with van der Waals surface area (Å²) in [6.07, 6.45) is 5.98. The van der Waals surface area contributed by atoms with Crippen molar-refractivity contribution in [1.29, 1.82) is 0 Å². The van der Waals surface area contributed by atoms with E-state index in [1.54, 1.807) is 7.11 Å². The predicted octanol–water partition coefficient (Wildman–Crippen LogP) is 2.99. The van der Waals surface area contributed by atoms with Crippen LogP contribution in [-0.4, -0.2) is 38.5 Å². The first kappa shape index (κ1) is 15.9. The molecule has 3 nitrogen and oxygen atoms in total. The molecule has 0 atom stereocenters. The lowest BCUT2D eigenvalue weighted by atomic mass is 9.79. The van der Waals surface area contributed by atoms with E-state index in [1.807, 2.05) is 0 Å². The molecule has 0 aromatic heterocycles. The Bertz CT molecular complexity index is 211. The minimum atomic E-state index is 0.0739. The molecule has 1 aliphatic rings. The van der Waals surface area contributed by atoms with E-state index in [0.717, 1.165) is 32.1 Å². The van der Waals surface area contributed by atoms with E-state index >= 15 is 0 Å². The first-order valence-corrected chi connectivity index (χ1v) is 7.44. The van der Waals surface area contributed by atoms with Gasteiger partial charge in [0.2, 0.25) is 0 Å². The topological polar surface area (TPSA) is 30.5 Å². The van der Waals surface area contributed by atoms with E-state index in [-0.39, 0.29) is 5.60 Å². The maximum Gasteiger partial charge on any atom is 0.0806 e. The fraction of sp³-hybridized carbons (Fsp3) is 1.00. The Hall–Kier alpha value is -0.120. The van der Waals surface area contributed by atoms with Crippen molar-refractivity contribution in [3.63, 3.8) is 0 Å². The van der Waals surface area contributed by atoms with Crippen molar-refractivity contribution >= 4 is 0 Å². The van der Waals surface area contributed by atoms with Gasteiger partial charge in [-0.1, -0.05) is 20.8 Å². The Kier molecular flexibility index (Phi) is 7.20. The standard InChI is InChI=1S/C15H31NO2/c1-13(2)16-12-15(18-11-5-10-17-4)8-6-14(3)7-9-15/h13-14,16H,5-12H2,1-4H3. The number of ether oxygens (including phenoxy) is 2. The molecule has 0 aromatic carbocycles. The number of hydrogen-bond donors (Lipinski definition) is 1. The van der Waals surface area contributed by atoms with Crippen LogP contribution >= 0.6 is 0 Å². The SMILES string of the molecule is COCCCOC1(CNC(C)C)CCC(C)CC1. The van der Waals surface area contributed by atoms with Gasteiger partial charge in [-0.3, -0.25) is 0 Å². The van der Waals surface area contributed by atoms with Gasteiger partial charge in [-0.25, -0.2) is 0 Å². The largest absolute Gasteiger partial charge is 0.385 e. The molecular formula is C15H31NO2. The van der Waals surface area contributed by atoms with E-state index in [4.69, 9.17) is 9.47 Å². The fourth-order valence-corrected chi connectivity index (χ4v) is 2.54. The monoisotopic (exact) mass is 257 g/mol. The molecule has 1 saturated carbocycles. The van der Waals surface area contributed by atoms with Crippen LogP contribution in [0.15, 0.2) is 0 Å². The molecule has 0 amide bonds. The third-order valence-corrected chi connectivity index (χ3v) is 3.92. The summed E-state index contributed by atoms with van der Waals surface area (Å²) in [5, 5.41) is 3.56. The highest BCUT2D eigenvalue weighted by Crippen LogP contribution is 2.34. The Balaban J connectivity index is 2.40. The number of methoxy groups -OCH3 is 1. The molecule has 0 unspecified atom stereocenters. The summed E-state index contributed by atoms with van der Waals surface area (Å²) in [6.45, 7) is 9.36. The van der Waals surface area contributed by atoms with Crippen molar-refractivity contribution in [2.45, 2.75) is 64.5 Å². The first-order chi connectivity index (χ1) is 8.58. The molecule has 1 fully saturated rings. The van der Waals surface area contributed by atoms with Gasteiger partial charge >= 0.3 is 0 Å². The molecule has 0 bridgehead atoms. The normalized spacial score (nSPS) is 28.8. The van der Waals surface area contributed by atoms with Crippen LogP contribution in [-0.2, 0) is 9.47 Å². The molecule has 0 heterocycles. The van der Waals surface area contributed by atoms with Gasteiger partial charge in [0.25, 0.3) is 0 Å². The number of nitrogens with one attached hydrogen (secondary N) is 1. The summed E-state index contributed by atoms with van der Waals surface area (Å²) in [5.41, 5.74) is 0.0739. The Morgan fingerprint density at radius 3 is 2.44 bits per heavy atom. The number of hydrogen-bond acceptors (Lipinski definition) is 3. The van der Waals surface area contributed by atoms with Gasteiger partial charge in [-0.2, -0.15) is 0 Å². The summed E-state index contributed by atoms with van der Waals surface area (Å²) in [6, 6.07) is 0.531. The van der Waals surface area contributed by atoms with Gasteiger partial charge < -0.3 is 14.8 Å². The molecule has 1 N–H and O–H groups in total. The zero-order valence-corrected chi connectivity index (χ0v) is 12.6. The molecule has 18 heavy (non-hydrogen) atoms. The van der Waals surface area contributed by atoms with Gasteiger partial charge in [0.15, 0.2) is 0 Å². The lowest BCUT2D eigenvalue weighted by molar-refractivity contribution is -0.0800. The van der Waals surface area contributed by atoms with Crippen LogP contribution in [0.25, 0.3) is 0 Å². The molecule has 108 valence electrons. The smallest absolute Gasteiger partial charge is 0.0806 e. The van der Waals surface area contributed by atoms with Crippen molar-refractivity contribution in [2.24, 2.45) is 5.92 Å². The molecule has 1 rings (SSSR count). The van der Waals surface area contributed by atoms with Crippen LogP contribution in [0.2, 0.25) is 0 Å². The number of rotatable bonds is 8. The Morgan fingerprint density at radius 2 is 1.89 bits per heavy atom. The van der Waals surface area contributed by atoms with Crippen LogP contribution in [0.5, 0.6) is 0 Å². The van der Waals surface area contributed by atoms with E-state index < -0.39 is 0 Å². The predicted molar refractivity (Wildman–Crippen MR) is 75.9 cm³/mol. The van der Waals surface area contributed by atoms with E-state index in [0.29, 0.717) is 6.04 Å². The van der Waals surface area contributed by atoms with Gasteiger partial charge in [-0.05, 0) is 38.0 Å². The molecular weight excluding hydrogens is 226 g/mol. The van der Waals surface area contributed by atoms with Crippen LogP contribution in [0.4, 0.5) is 0 Å². The second-order valence-electron chi connectivity index (χ2n) is 6.10. The summed E-state index contributed by atoms with van der Waals surface area (Å²) < 4.78 is 11.3. The summed E-state index contributed by atoms with van der Waals surface area (Å²) in [5.74, 6) is 0.861. The molecule has 0 aromatic rings. The van der Waals surface area contributed by atoms with Crippen molar-refractivity contribution < 1.29 is 9.47 Å². The summed E-state index contributed by atoms with van der Waals surface area (Å²) in [4.78, 5) is 0. The molecule has 0 saturated heterocycles. The van der Waals surface area contributed by atoms with E-state index in [2.05, 4.69) is 26.1 Å².